The maximum absolute atomic E-state index is 13.2. The topological polar surface area (TPSA) is 108 Å². The fourth-order valence-electron chi connectivity index (χ4n) is 3.29. The molecule has 8 nitrogen and oxygen atoms in total. The van der Waals surface area contributed by atoms with Gasteiger partial charge in [0.25, 0.3) is 0 Å². The molecule has 2 rings (SSSR count). The summed E-state index contributed by atoms with van der Waals surface area (Å²) in [4.78, 5) is 12.4. The Morgan fingerprint density at radius 1 is 1.14 bits per heavy atom. The number of hydrogen-bond acceptors (Lipinski definition) is 6. The van der Waals surface area contributed by atoms with Crippen molar-refractivity contribution in [2.45, 2.75) is 43.4 Å². The highest BCUT2D eigenvalue weighted by atomic mass is 32.2. The van der Waals surface area contributed by atoms with Crippen LogP contribution in [0.4, 0.5) is 0 Å². The molecule has 1 unspecified atom stereocenters. The molecule has 1 aliphatic rings. The van der Waals surface area contributed by atoms with Gasteiger partial charge >= 0.3 is 5.97 Å². The highest BCUT2D eigenvalue weighted by Crippen LogP contribution is 2.26. The molecule has 0 amide bonds. The van der Waals surface area contributed by atoms with Gasteiger partial charge in [0, 0.05) is 26.2 Å². The van der Waals surface area contributed by atoms with Crippen molar-refractivity contribution in [1.82, 2.24) is 8.61 Å². The third-order valence-corrected chi connectivity index (χ3v) is 8.89. The quantitative estimate of drug-likeness (QED) is 0.636. The minimum absolute atomic E-state index is 0.109. The van der Waals surface area contributed by atoms with Crippen LogP contribution in [-0.4, -0.2) is 60.0 Å². The van der Waals surface area contributed by atoms with E-state index in [0.717, 1.165) is 0 Å². The van der Waals surface area contributed by atoms with E-state index in [4.69, 9.17) is 9.52 Å². The number of esters is 1. The number of sulfonamides is 1. The average Bonchev–Trinajstić information content (AvgIpc) is 2.69. The van der Waals surface area contributed by atoms with Gasteiger partial charge in [-0.3, -0.25) is 4.79 Å². The predicted molar refractivity (Wildman–Crippen MR) is 107 cm³/mol. The van der Waals surface area contributed by atoms with Crippen LogP contribution in [0, 0.1) is 10.7 Å². The Kier molecular flexibility index (Phi) is 7.60. The first-order valence-electron chi connectivity index (χ1n) is 9.49. The van der Waals surface area contributed by atoms with Gasteiger partial charge in [0.05, 0.1) is 22.3 Å². The number of nitrogens with one attached hydrogen (secondary N) is 1. The van der Waals surface area contributed by atoms with Gasteiger partial charge in [0.1, 0.15) is 9.92 Å². The maximum atomic E-state index is 13.2. The number of carbonyl (C=O) groups is 1. The third kappa shape index (κ3) is 4.73. The van der Waals surface area contributed by atoms with Crippen molar-refractivity contribution in [1.29, 1.82) is 4.78 Å². The number of benzene rings is 1. The summed E-state index contributed by atoms with van der Waals surface area (Å²) in [7, 11) is -6.93. The monoisotopic (exact) mass is 431 g/mol. The molecule has 0 aliphatic carbocycles. The Balaban J connectivity index is 2.23. The zero-order chi connectivity index (χ0) is 20.9. The molecule has 10 heteroatoms. The van der Waals surface area contributed by atoms with Crippen LogP contribution in [-0.2, 0) is 29.5 Å². The second-order valence-electron chi connectivity index (χ2n) is 6.57. The largest absolute Gasteiger partial charge is 0.466 e. The van der Waals surface area contributed by atoms with Gasteiger partial charge in [-0.25, -0.2) is 21.7 Å². The van der Waals surface area contributed by atoms with Gasteiger partial charge in [-0.1, -0.05) is 13.8 Å². The minimum atomic E-state index is -3.61. The molecule has 1 saturated heterocycles. The lowest BCUT2D eigenvalue weighted by molar-refractivity contribution is -0.149. The predicted octanol–water partition coefficient (Wildman–Crippen LogP) is 2.31. The number of ether oxygens (including phenoxy) is 1. The Morgan fingerprint density at radius 3 is 2.25 bits per heavy atom. The molecule has 0 saturated carbocycles. The summed E-state index contributed by atoms with van der Waals surface area (Å²) in [6, 6.07) is 5.65. The van der Waals surface area contributed by atoms with Gasteiger partial charge < -0.3 is 4.74 Å². The molecule has 1 aliphatic heterocycles. The van der Waals surface area contributed by atoms with Crippen molar-refractivity contribution in [3.63, 3.8) is 0 Å². The Morgan fingerprint density at radius 2 is 1.71 bits per heavy atom. The normalized spacial score (nSPS) is 20.6. The zero-order valence-corrected chi connectivity index (χ0v) is 18.2. The van der Waals surface area contributed by atoms with Gasteiger partial charge in [-0.05, 0) is 44.0 Å². The molecule has 2 atom stereocenters. The van der Waals surface area contributed by atoms with E-state index >= 15 is 0 Å². The van der Waals surface area contributed by atoms with E-state index < -0.39 is 25.9 Å². The first-order valence-corrected chi connectivity index (χ1v) is 12.4. The van der Waals surface area contributed by atoms with E-state index in [9.17, 15) is 17.4 Å². The Hall–Kier alpha value is -1.49. The summed E-state index contributed by atoms with van der Waals surface area (Å²) in [5, 5.41) is 0. The van der Waals surface area contributed by atoms with Crippen molar-refractivity contribution >= 4 is 25.9 Å². The lowest BCUT2D eigenvalue weighted by atomic mass is 10.0. The van der Waals surface area contributed by atoms with E-state index in [1.165, 1.54) is 32.9 Å². The second kappa shape index (κ2) is 9.34. The summed E-state index contributed by atoms with van der Waals surface area (Å²) in [6.07, 6.45) is 1.29. The summed E-state index contributed by atoms with van der Waals surface area (Å²) in [6.45, 7) is 6.91. The number of piperidine rings is 1. The van der Waals surface area contributed by atoms with Gasteiger partial charge in [-0.15, -0.1) is 0 Å². The SMILES string of the molecule is CCOC(=O)[C@@H]1CCCN(S(=N)(=O)c2ccc(S(=O)(=O)N(CC)CC)cc2)C1. The number of carbonyl (C=O) groups excluding carboxylic acids is 1. The van der Waals surface area contributed by atoms with Gasteiger partial charge in [-0.2, -0.15) is 4.31 Å². The van der Waals surface area contributed by atoms with E-state index in [1.807, 2.05) is 0 Å². The molecule has 0 spiro atoms. The minimum Gasteiger partial charge on any atom is -0.466 e. The van der Waals surface area contributed by atoms with Gasteiger partial charge in [0.2, 0.25) is 10.0 Å². The van der Waals surface area contributed by atoms with E-state index in [-0.39, 0.29) is 28.9 Å². The lowest BCUT2D eigenvalue weighted by Crippen LogP contribution is -2.42. The van der Waals surface area contributed by atoms with Crippen LogP contribution in [0.3, 0.4) is 0 Å². The molecule has 0 bridgehead atoms. The van der Waals surface area contributed by atoms with E-state index in [0.29, 0.717) is 32.5 Å². The van der Waals surface area contributed by atoms with Crippen molar-refractivity contribution in [3.8, 4) is 0 Å². The van der Waals surface area contributed by atoms with Crippen LogP contribution >= 0.6 is 0 Å². The molecule has 1 aromatic carbocycles. The van der Waals surface area contributed by atoms with Crippen molar-refractivity contribution in [2.24, 2.45) is 5.92 Å². The van der Waals surface area contributed by atoms with Crippen molar-refractivity contribution < 1.29 is 22.2 Å². The van der Waals surface area contributed by atoms with E-state index in [2.05, 4.69) is 0 Å². The molecule has 1 heterocycles. The fraction of sp³-hybridized carbons (Fsp3) is 0.611. The first kappa shape index (κ1) is 22.8. The molecule has 1 aromatic rings. The first-order chi connectivity index (χ1) is 13.2. The third-order valence-electron chi connectivity index (χ3n) is 4.85. The number of rotatable bonds is 8. The second-order valence-corrected chi connectivity index (χ2v) is 10.5. The molecule has 1 N–H and O–H groups in total. The van der Waals surface area contributed by atoms with Crippen LogP contribution < -0.4 is 0 Å². The summed E-state index contributed by atoms with van der Waals surface area (Å²) >= 11 is 0. The highest BCUT2D eigenvalue weighted by molar-refractivity contribution is 7.90. The lowest BCUT2D eigenvalue weighted by Gasteiger charge is -2.32. The molecule has 1 fully saturated rings. The zero-order valence-electron chi connectivity index (χ0n) is 16.6. The molecule has 0 aromatic heterocycles. The molecular formula is C18H29N3O5S2. The van der Waals surface area contributed by atoms with Crippen molar-refractivity contribution in [2.75, 3.05) is 32.8 Å². The molecule has 158 valence electrons. The van der Waals surface area contributed by atoms with E-state index in [1.54, 1.807) is 20.8 Å². The Labute approximate surface area is 168 Å². The van der Waals surface area contributed by atoms with Crippen LogP contribution in [0.5, 0.6) is 0 Å². The summed E-state index contributed by atoms with van der Waals surface area (Å²) in [5.74, 6) is -0.731. The average molecular weight is 432 g/mol. The fourth-order valence-corrected chi connectivity index (χ4v) is 6.32. The maximum Gasteiger partial charge on any atom is 0.310 e. The standard InChI is InChI=1S/C18H29N3O5S2/c1-4-20(5-2)28(24,25)17-11-9-16(10-12-17)27(19,23)21-13-7-8-15(14-21)18(22)26-6-3/h9-12,15,19H,4-8,13-14H2,1-3H3/t15-,27?/m1/s1. The Bertz CT molecular complexity index is 878. The van der Waals surface area contributed by atoms with Crippen LogP contribution in [0.15, 0.2) is 34.1 Å². The molecule has 28 heavy (non-hydrogen) atoms. The smallest absolute Gasteiger partial charge is 0.310 e. The van der Waals surface area contributed by atoms with Crippen LogP contribution in [0.2, 0.25) is 0 Å². The highest BCUT2D eigenvalue weighted by Gasteiger charge is 2.32. The van der Waals surface area contributed by atoms with Crippen LogP contribution in [0.25, 0.3) is 0 Å². The molecular weight excluding hydrogens is 402 g/mol. The number of hydrogen-bond donors (Lipinski definition) is 1. The van der Waals surface area contributed by atoms with Crippen LogP contribution in [0.1, 0.15) is 33.6 Å². The van der Waals surface area contributed by atoms with Crippen molar-refractivity contribution in [3.05, 3.63) is 24.3 Å². The molecule has 0 radical (unpaired) electrons. The summed E-state index contributed by atoms with van der Waals surface area (Å²) < 4.78 is 54.6. The number of nitrogens with zero attached hydrogens (tertiary/aromatic N) is 2. The van der Waals surface area contributed by atoms with Gasteiger partial charge in [0.15, 0.2) is 0 Å². The summed E-state index contributed by atoms with van der Waals surface area (Å²) in [5.41, 5.74) is 0.